The summed E-state index contributed by atoms with van der Waals surface area (Å²) in [5.74, 6) is -1.19. The number of carboxylic acid groups (broad SMARTS) is 1. The molecule has 4 nitrogen and oxygen atoms in total. The van der Waals surface area contributed by atoms with E-state index in [9.17, 15) is 9.90 Å². The van der Waals surface area contributed by atoms with Crippen molar-refractivity contribution in [1.29, 1.82) is 0 Å². The van der Waals surface area contributed by atoms with E-state index in [2.05, 4.69) is 5.32 Å². The van der Waals surface area contributed by atoms with Crippen molar-refractivity contribution in [1.82, 2.24) is 0 Å². The van der Waals surface area contributed by atoms with Gasteiger partial charge in [-0.1, -0.05) is 18.2 Å². The second-order valence-corrected chi connectivity index (χ2v) is 3.39. The Labute approximate surface area is 81.2 Å². The number of benzene rings is 1. The summed E-state index contributed by atoms with van der Waals surface area (Å²) in [6, 6.07) is 6.93. The number of anilines is 1. The molecule has 0 saturated heterocycles. The van der Waals surface area contributed by atoms with Crippen molar-refractivity contribution >= 4 is 11.7 Å². The smallest absolute Gasteiger partial charge is 0.340 e. The van der Waals surface area contributed by atoms with Crippen molar-refractivity contribution in [3.63, 3.8) is 0 Å². The molecule has 0 radical (unpaired) electrons. The molecule has 1 aliphatic heterocycles. The Balaban J connectivity index is 2.55. The number of para-hydroxylation sites is 1. The van der Waals surface area contributed by atoms with E-state index >= 15 is 0 Å². The predicted molar refractivity (Wildman–Crippen MR) is 51.1 cm³/mol. The lowest BCUT2D eigenvalue weighted by atomic mass is 9.86. The first kappa shape index (κ1) is 9.02. The van der Waals surface area contributed by atoms with Crippen molar-refractivity contribution in [2.45, 2.75) is 12.0 Å². The van der Waals surface area contributed by atoms with Crippen LogP contribution in [0.15, 0.2) is 24.3 Å². The number of hydrogen-bond acceptors (Lipinski definition) is 3. The van der Waals surface area contributed by atoms with Crippen LogP contribution in [0.25, 0.3) is 0 Å². The summed E-state index contributed by atoms with van der Waals surface area (Å²) in [6.45, 7) is 0.472. The number of nitrogens with one attached hydrogen (secondary N) is 1. The van der Waals surface area contributed by atoms with Gasteiger partial charge in [-0.25, -0.2) is 4.79 Å². The summed E-state index contributed by atoms with van der Waals surface area (Å²) >= 11 is 0. The van der Waals surface area contributed by atoms with Gasteiger partial charge >= 0.3 is 5.97 Å². The number of hydrogen-bond donors (Lipinski definition) is 3. The highest BCUT2D eigenvalue weighted by atomic mass is 16.4. The maximum atomic E-state index is 11.0. The van der Waals surface area contributed by atoms with Crippen LogP contribution in [0.2, 0.25) is 0 Å². The summed E-state index contributed by atoms with van der Waals surface area (Å²) in [7, 11) is 0. The van der Waals surface area contributed by atoms with Gasteiger partial charge in [0.15, 0.2) is 5.60 Å². The Morgan fingerprint density at radius 1 is 1.43 bits per heavy atom. The van der Waals surface area contributed by atoms with Crippen molar-refractivity contribution < 1.29 is 15.0 Å². The fourth-order valence-corrected chi connectivity index (χ4v) is 1.73. The van der Waals surface area contributed by atoms with Gasteiger partial charge in [0.05, 0.1) is 0 Å². The second-order valence-electron chi connectivity index (χ2n) is 3.39. The third-order valence-electron chi connectivity index (χ3n) is 2.53. The molecule has 4 heteroatoms. The number of rotatable bonds is 1. The fourth-order valence-electron chi connectivity index (χ4n) is 1.73. The summed E-state index contributed by atoms with van der Waals surface area (Å²) in [5, 5.41) is 22.0. The largest absolute Gasteiger partial charge is 0.479 e. The lowest BCUT2D eigenvalue weighted by Gasteiger charge is -2.31. The molecule has 0 fully saturated rings. The molecule has 0 aromatic heterocycles. The van der Waals surface area contributed by atoms with Crippen LogP contribution in [0.5, 0.6) is 0 Å². The molecule has 0 amide bonds. The highest BCUT2D eigenvalue weighted by Gasteiger charge is 2.41. The monoisotopic (exact) mass is 193 g/mol. The van der Waals surface area contributed by atoms with E-state index in [0.29, 0.717) is 17.8 Å². The van der Waals surface area contributed by atoms with E-state index in [0.717, 1.165) is 0 Å². The lowest BCUT2D eigenvalue weighted by Crippen LogP contribution is -2.41. The summed E-state index contributed by atoms with van der Waals surface area (Å²) in [6.07, 6.45) is 0.194. The van der Waals surface area contributed by atoms with Crippen LogP contribution in [0.4, 0.5) is 5.69 Å². The zero-order chi connectivity index (χ0) is 10.2. The van der Waals surface area contributed by atoms with Gasteiger partial charge in [0.2, 0.25) is 0 Å². The van der Waals surface area contributed by atoms with Gasteiger partial charge in [-0.2, -0.15) is 0 Å². The van der Waals surface area contributed by atoms with Crippen LogP contribution in [-0.2, 0) is 10.4 Å². The molecule has 1 aliphatic rings. The van der Waals surface area contributed by atoms with E-state index in [4.69, 9.17) is 5.11 Å². The molecular weight excluding hydrogens is 182 g/mol. The van der Waals surface area contributed by atoms with Gasteiger partial charge in [0.25, 0.3) is 0 Å². The molecule has 3 N–H and O–H groups in total. The highest BCUT2D eigenvalue weighted by molar-refractivity contribution is 5.82. The first-order valence-electron chi connectivity index (χ1n) is 4.44. The fraction of sp³-hybridized carbons (Fsp3) is 0.300. The molecular formula is C10H11NO3. The van der Waals surface area contributed by atoms with E-state index in [-0.39, 0.29) is 6.42 Å². The van der Waals surface area contributed by atoms with E-state index in [1.54, 1.807) is 24.3 Å². The zero-order valence-electron chi connectivity index (χ0n) is 7.53. The van der Waals surface area contributed by atoms with Crippen LogP contribution >= 0.6 is 0 Å². The molecule has 1 atom stereocenters. The SMILES string of the molecule is O=C(O)[C@@]1(O)CCNc2ccccc21. The number of aliphatic hydroxyl groups is 1. The summed E-state index contributed by atoms with van der Waals surface area (Å²) < 4.78 is 0. The van der Waals surface area contributed by atoms with Crippen LogP contribution in [0, 0.1) is 0 Å². The maximum Gasteiger partial charge on any atom is 0.340 e. The minimum absolute atomic E-state index is 0.194. The number of carbonyl (C=O) groups is 1. The topological polar surface area (TPSA) is 69.6 Å². The molecule has 1 heterocycles. The molecule has 2 rings (SSSR count). The Bertz CT molecular complexity index is 377. The quantitative estimate of drug-likeness (QED) is 0.616. The minimum Gasteiger partial charge on any atom is -0.479 e. The number of fused-ring (bicyclic) bond motifs is 1. The first-order valence-corrected chi connectivity index (χ1v) is 4.44. The molecule has 74 valence electrons. The van der Waals surface area contributed by atoms with Crippen LogP contribution in [-0.4, -0.2) is 22.7 Å². The molecule has 0 aliphatic carbocycles. The van der Waals surface area contributed by atoms with Gasteiger partial charge in [-0.15, -0.1) is 0 Å². The molecule has 0 bridgehead atoms. The maximum absolute atomic E-state index is 11.0. The third-order valence-corrected chi connectivity index (χ3v) is 2.53. The molecule has 1 aromatic rings. The molecule has 14 heavy (non-hydrogen) atoms. The van der Waals surface area contributed by atoms with Crippen LogP contribution in [0.1, 0.15) is 12.0 Å². The third kappa shape index (κ3) is 1.15. The van der Waals surface area contributed by atoms with Crippen molar-refractivity contribution in [3.8, 4) is 0 Å². The highest BCUT2D eigenvalue weighted by Crippen LogP contribution is 2.34. The van der Waals surface area contributed by atoms with Gasteiger partial charge in [-0.3, -0.25) is 0 Å². The van der Waals surface area contributed by atoms with Crippen LogP contribution in [0.3, 0.4) is 0 Å². The standard InChI is InChI=1S/C10H11NO3/c12-9(13)10(14)5-6-11-8-4-2-1-3-7(8)10/h1-4,11,14H,5-6H2,(H,12,13)/t10-/m1/s1. The Hall–Kier alpha value is -1.55. The van der Waals surface area contributed by atoms with Crippen molar-refractivity contribution in [2.75, 3.05) is 11.9 Å². The summed E-state index contributed by atoms with van der Waals surface area (Å²) in [5.41, 5.74) is -0.593. The predicted octanol–water partition coefficient (Wildman–Crippen LogP) is 0.774. The Morgan fingerprint density at radius 3 is 2.86 bits per heavy atom. The van der Waals surface area contributed by atoms with Crippen molar-refractivity contribution in [2.24, 2.45) is 0 Å². The average Bonchev–Trinajstić information content (AvgIpc) is 2.18. The van der Waals surface area contributed by atoms with Gasteiger partial charge in [0, 0.05) is 24.2 Å². The van der Waals surface area contributed by atoms with E-state index < -0.39 is 11.6 Å². The van der Waals surface area contributed by atoms with E-state index in [1.165, 1.54) is 0 Å². The summed E-state index contributed by atoms with van der Waals surface area (Å²) in [4.78, 5) is 11.0. The number of aliphatic carboxylic acids is 1. The minimum atomic E-state index is -1.73. The molecule has 0 saturated carbocycles. The van der Waals surface area contributed by atoms with Crippen molar-refractivity contribution in [3.05, 3.63) is 29.8 Å². The lowest BCUT2D eigenvalue weighted by molar-refractivity contribution is -0.160. The van der Waals surface area contributed by atoms with Gasteiger partial charge in [-0.05, 0) is 6.07 Å². The van der Waals surface area contributed by atoms with E-state index in [1.807, 2.05) is 0 Å². The molecule has 0 unspecified atom stereocenters. The van der Waals surface area contributed by atoms with Gasteiger partial charge < -0.3 is 15.5 Å². The Kier molecular flexibility index (Phi) is 1.93. The normalized spacial score (nSPS) is 24.9. The molecule has 0 spiro atoms. The second kappa shape index (κ2) is 2.99. The first-order chi connectivity index (χ1) is 6.64. The van der Waals surface area contributed by atoms with Gasteiger partial charge in [0.1, 0.15) is 0 Å². The zero-order valence-corrected chi connectivity index (χ0v) is 7.53. The average molecular weight is 193 g/mol. The molecule has 1 aromatic carbocycles. The Morgan fingerprint density at radius 2 is 2.14 bits per heavy atom. The van der Waals surface area contributed by atoms with Crippen LogP contribution < -0.4 is 5.32 Å². The number of carboxylic acids is 1.